The molecule has 0 saturated heterocycles. The Bertz CT molecular complexity index is 197. The Kier molecular flexibility index (Phi) is 10.2. The van der Waals surface area contributed by atoms with Gasteiger partial charge in [0.15, 0.2) is 0 Å². The van der Waals surface area contributed by atoms with Crippen LogP contribution in [0.2, 0.25) is 25.2 Å². The lowest BCUT2D eigenvalue weighted by molar-refractivity contribution is 0.247. The van der Waals surface area contributed by atoms with Crippen molar-refractivity contribution in [3.05, 3.63) is 0 Å². The molecule has 0 aromatic rings. The summed E-state index contributed by atoms with van der Waals surface area (Å²) in [5.41, 5.74) is 0. The minimum absolute atomic E-state index is 1.09. The standard InChI is InChI=1S/C13H32O4Si2/c1-14-18(5,15-2)12-10-8-7-9-11-13-19(6,16-3)17-4/h7-13H2,1-6H3. The predicted molar refractivity (Wildman–Crippen MR) is 84.0 cm³/mol. The maximum absolute atomic E-state index is 5.48. The third kappa shape index (κ3) is 8.21. The molecule has 0 bridgehead atoms. The molecule has 0 rings (SSSR count). The van der Waals surface area contributed by atoms with Crippen molar-refractivity contribution in [3.8, 4) is 0 Å². The molecule has 0 heterocycles. The van der Waals surface area contributed by atoms with Gasteiger partial charge in [0.2, 0.25) is 0 Å². The quantitative estimate of drug-likeness (QED) is 0.407. The number of unbranched alkanes of at least 4 members (excludes halogenated alkanes) is 4. The van der Waals surface area contributed by atoms with Gasteiger partial charge in [0.1, 0.15) is 0 Å². The van der Waals surface area contributed by atoms with Gasteiger partial charge in [-0.25, -0.2) is 0 Å². The van der Waals surface area contributed by atoms with Gasteiger partial charge >= 0.3 is 17.1 Å². The Morgan fingerprint density at radius 3 is 1.05 bits per heavy atom. The zero-order chi connectivity index (χ0) is 14.8. The van der Waals surface area contributed by atoms with E-state index in [1.807, 2.05) is 0 Å². The van der Waals surface area contributed by atoms with E-state index >= 15 is 0 Å². The minimum Gasteiger partial charge on any atom is -0.398 e. The first-order valence-corrected chi connectivity index (χ1v) is 12.2. The van der Waals surface area contributed by atoms with Gasteiger partial charge in [-0.3, -0.25) is 0 Å². The lowest BCUT2D eigenvalue weighted by atomic mass is 10.2. The van der Waals surface area contributed by atoms with Crippen molar-refractivity contribution in [1.29, 1.82) is 0 Å². The first-order chi connectivity index (χ1) is 8.95. The molecule has 0 amide bonds. The highest BCUT2D eigenvalue weighted by Gasteiger charge is 2.28. The van der Waals surface area contributed by atoms with E-state index in [9.17, 15) is 0 Å². The van der Waals surface area contributed by atoms with E-state index in [2.05, 4.69) is 13.1 Å². The van der Waals surface area contributed by atoms with Crippen LogP contribution in [0.1, 0.15) is 32.1 Å². The molecule has 0 aliphatic heterocycles. The summed E-state index contributed by atoms with van der Waals surface area (Å²) in [6.45, 7) is 4.25. The van der Waals surface area contributed by atoms with Crippen molar-refractivity contribution in [2.75, 3.05) is 28.4 Å². The Labute approximate surface area is 121 Å². The molecule has 4 nitrogen and oxygen atoms in total. The van der Waals surface area contributed by atoms with Crippen LogP contribution in [-0.4, -0.2) is 45.6 Å². The zero-order valence-electron chi connectivity index (χ0n) is 13.6. The number of hydrogen-bond donors (Lipinski definition) is 0. The van der Waals surface area contributed by atoms with E-state index in [1.165, 1.54) is 32.1 Å². The monoisotopic (exact) mass is 308 g/mol. The van der Waals surface area contributed by atoms with Crippen LogP contribution < -0.4 is 0 Å². The van der Waals surface area contributed by atoms with Crippen molar-refractivity contribution in [3.63, 3.8) is 0 Å². The second kappa shape index (κ2) is 10.1. The predicted octanol–water partition coefficient (Wildman–Crippen LogP) is 3.67. The molecule has 0 unspecified atom stereocenters. The molecule has 116 valence electrons. The van der Waals surface area contributed by atoms with E-state index in [4.69, 9.17) is 17.7 Å². The maximum Gasteiger partial charge on any atom is 0.334 e. The number of hydrogen-bond acceptors (Lipinski definition) is 4. The molecule has 0 atom stereocenters. The summed E-state index contributed by atoms with van der Waals surface area (Å²) >= 11 is 0. The molecule has 0 saturated carbocycles. The molecule has 0 fully saturated rings. The van der Waals surface area contributed by atoms with Gasteiger partial charge in [-0.05, 0) is 25.2 Å². The van der Waals surface area contributed by atoms with Gasteiger partial charge in [0, 0.05) is 28.4 Å². The normalized spacial score (nSPS) is 12.9. The van der Waals surface area contributed by atoms with Crippen molar-refractivity contribution < 1.29 is 17.7 Å². The van der Waals surface area contributed by atoms with Crippen LogP contribution in [-0.2, 0) is 17.7 Å². The molecule has 0 aromatic heterocycles. The molecule has 0 aliphatic carbocycles. The summed E-state index contributed by atoms with van der Waals surface area (Å²) in [6.07, 6.45) is 6.19. The minimum atomic E-state index is -1.84. The highest BCUT2D eigenvalue weighted by molar-refractivity contribution is 6.66. The molecule has 0 N–H and O–H groups in total. The van der Waals surface area contributed by atoms with Crippen molar-refractivity contribution in [2.24, 2.45) is 0 Å². The van der Waals surface area contributed by atoms with Crippen molar-refractivity contribution >= 4 is 17.1 Å². The summed E-state index contributed by atoms with van der Waals surface area (Å²) < 4.78 is 21.9. The fourth-order valence-electron chi connectivity index (χ4n) is 2.00. The first-order valence-electron chi connectivity index (χ1n) is 7.16. The van der Waals surface area contributed by atoms with Crippen molar-refractivity contribution in [2.45, 2.75) is 57.3 Å². The Balaban J connectivity index is 3.56. The fraction of sp³-hybridized carbons (Fsp3) is 1.00. The summed E-state index contributed by atoms with van der Waals surface area (Å²) in [5.74, 6) is 0. The van der Waals surface area contributed by atoms with Gasteiger partial charge in [0.25, 0.3) is 0 Å². The zero-order valence-corrected chi connectivity index (χ0v) is 15.6. The third-order valence-electron chi connectivity index (χ3n) is 3.99. The average molecular weight is 309 g/mol. The molecule has 0 aliphatic rings. The van der Waals surface area contributed by atoms with Gasteiger partial charge in [-0.1, -0.05) is 32.1 Å². The van der Waals surface area contributed by atoms with Crippen molar-refractivity contribution in [1.82, 2.24) is 0 Å². The van der Waals surface area contributed by atoms with Crippen LogP contribution in [0.5, 0.6) is 0 Å². The van der Waals surface area contributed by atoms with Crippen LogP contribution in [0.3, 0.4) is 0 Å². The third-order valence-corrected chi connectivity index (χ3v) is 9.97. The SMILES string of the molecule is CO[Si](C)(CCCCCCC[Si](C)(OC)OC)OC. The molecule has 0 radical (unpaired) electrons. The first kappa shape index (κ1) is 19.3. The summed E-state index contributed by atoms with van der Waals surface area (Å²) in [5, 5.41) is 0. The lowest BCUT2D eigenvalue weighted by Gasteiger charge is -2.23. The van der Waals surface area contributed by atoms with Gasteiger partial charge in [-0.2, -0.15) is 0 Å². The van der Waals surface area contributed by atoms with Crippen LogP contribution in [0.4, 0.5) is 0 Å². The Morgan fingerprint density at radius 1 is 0.526 bits per heavy atom. The van der Waals surface area contributed by atoms with Crippen LogP contribution >= 0.6 is 0 Å². The average Bonchev–Trinajstić information content (AvgIpc) is 2.45. The fourth-order valence-corrected chi connectivity index (χ4v) is 4.93. The lowest BCUT2D eigenvalue weighted by Crippen LogP contribution is -2.35. The van der Waals surface area contributed by atoms with E-state index in [0.29, 0.717) is 0 Å². The molecular weight excluding hydrogens is 276 g/mol. The maximum atomic E-state index is 5.48. The second-order valence-electron chi connectivity index (χ2n) is 5.35. The van der Waals surface area contributed by atoms with E-state index < -0.39 is 17.1 Å². The molecular formula is C13H32O4Si2. The van der Waals surface area contributed by atoms with E-state index in [-0.39, 0.29) is 0 Å². The van der Waals surface area contributed by atoms with Crippen LogP contribution in [0, 0.1) is 0 Å². The van der Waals surface area contributed by atoms with E-state index in [1.54, 1.807) is 28.4 Å². The van der Waals surface area contributed by atoms with E-state index in [0.717, 1.165) is 12.1 Å². The van der Waals surface area contributed by atoms with Gasteiger partial charge < -0.3 is 17.7 Å². The largest absolute Gasteiger partial charge is 0.398 e. The molecule has 19 heavy (non-hydrogen) atoms. The van der Waals surface area contributed by atoms with Gasteiger partial charge in [0.05, 0.1) is 0 Å². The molecule has 6 heteroatoms. The topological polar surface area (TPSA) is 36.9 Å². The Hall–Kier alpha value is 0.274. The van der Waals surface area contributed by atoms with Crippen LogP contribution in [0.15, 0.2) is 0 Å². The summed E-state index contributed by atoms with van der Waals surface area (Å²) in [4.78, 5) is 0. The van der Waals surface area contributed by atoms with Gasteiger partial charge in [-0.15, -0.1) is 0 Å². The molecule has 0 aromatic carbocycles. The smallest absolute Gasteiger partial charge is 0.334 e. The summed E-state index contributed by atoms with van der Waals surface area (Å²) in [7, 11) is 3.36. The number of rotatable bonds is 12. The summed E-state index contributed by atoms with van der Waals surface area (Å²) in [6, 6.07) is 2.17. The Morgan fingerprint density at radius 2 is 0.789 bits per heavy atom. The van der Waals surface area contributed by atoms with Crippen LogP contribution in [0.25, 0.3) is 0 Å². The highest BCUT2D eigenvalue weighted by Crippen LogP contribution is 2.19. The second-order valence-corrected chi connectivity index (χ2v) is 12.5. The molecule has 0 spiro atoms. The highest BCUT2D eigenvalue weighted by atomic mass is 28.4.